The number of hydrogen-bond acceptors (Lipinski definition) is 2. The number of aliphatic hydroxyl groups excluding tert-OH is 1. The molecule has 0 saturated carbocycles. The summed E-state index contributed by atoms with van der Waals surface area (Å²) in [5, 5.41) is 9.86. The Morgan fingerprint density at radius 3 is 2.19 bits per heavy atom. The number of benzene rings is 2. The summed E-state index contributed by atoms with van der Waals surface area (Å²) in [5.41, 5.74) is -1.54. The lowest BCUT2D eigenvalue weighted by atomic mass is 9.98. The first-order chi connectivity index (χ1) is 9.80. The van der Waals surface area contributed by atoms with E-state index in [1.807, 2.05) is 0 Å². The van der Waals surface area contributed by atoms with Gasteiger partial charge in [-0.05, 0) is 23.8 Å². The number of ketones is 1. The summed E-state index contributed by atoms with van der Waals surface area (Å²) in [6.45, 7) is 0. The van der Waals surface area contributed by atoms with Crippen LogP contribution in [0.4, 0.5) is 17.6 Å². The molecule has 0 fully saturated rings. The first kappa shape index (κ1) is 15.2. The molecule has 2 rings (SSSR count). The van der Waals surface area contributed by atoms with E-state index in [-0.39, 0.29) is 11.6 Å². The highest BCUT2D eigenvalue weighted by atomic mass is 19.4. The number of rotatable bonds is 3. The second kappa shape index (κ2) is 5.65. The predicted octanol–water partition coefficient (Wildman–Crippen LogP) is 3.76. The van der Waals surface area contributed by atoms with Crippen LogP contribution < -0.4 is 0 Å². The van der Waals surface area contributed by atoms with Crippen molar-refractivity contribution in [2.45, 2.75) is 12.3 Å². The fourth-order valence-corrected chi connectivity index (χ4v) is 1.83. The maximum atomic E-state index is 13.7. The summed E-state index contributed by atoms with van der Waals surface area (Å²) in [7, 11) is 0. The second-order valence-corrected chi connectivity index (χ2v) is 4.37. The molecule has 0 aliphatic heterocycles. The Kier molecular flexibility index (Phi) is 4.09. The molecule has 1 N–H and O–H groups in total. The van der Waals surface area contributed by atoms with Crippen LogP contribution in [0.1, 0.15) is 27.6 Å². The van der Waals surface area contributed by atoms with Crippen molar-refractivity contribution in [2.75, 3.05) is 0 Å². The standard InChI is InChI=1S/C15H10F4O2/c16-12-8-10(15(17,18)19)6-7-11(12)14(21)13(20)9-4-2-1-3-5-9/h1-8,13,20H. The van der Waals surface area contributed by atoms with Gasteiger partial charge in [0.2, 0.25) is 0 Å². The summed E-state index contributed by atoms with van der Waals surface area (Å²) in [4.78, 5) is 12.0. The molecule has 0 heterocycles. The van der Waals surface area contributed by atoms with Crippen LogP contribution in [0, 0.1) is 5.82 Å². The summed E-state index contributed by atoms with van der Waals surface area (Å²) in [5.74, 6) is -2.31. The number of alkyl halides is 3. The van der Waals surface area contributed by atoms with Crippen molar-refractivity contribution < 1.29 is 27.5 Å². The molecule has 2 aromatic carbocycles. The van der Waals surface area contributed by atoms with E-state index >= 15 is 0 Å². The molecule has 0 bridgehead atoms. The predicted molar refractivity (Wildman–Crippen MR) is 67.1 cm³/mol. The maximum absolute atomic E-state index is 13.7. The normalized spacial score (nSPS) is 13.0. The number of carbonyl (C=O) groups is 1. The van der Waals surface area contributed by atoms with Gasteiger partial charge in [-0.25, -0.2) is 4.39 Å². The molecule has 0 spiro atoms. The highest BCUT2D eigenvalue weighted by Crippen LogP contribution is 2.31. The third-order valence-corrected chi connectivity index (χ3v) is 2.93. The van der Waals surface area contributed by atoms with E-state index in [9.17, 15) is 27.5 Å². The van der Waals surface area contributed by atoms with Crippen molar-refractivity contribution in [1.82, 2.24) is 0 Å². The first-order valence-electron chi connectivity index (χ1n) is 5.94. The summed E-state index contributed by atoms with van der Waals surface area (Å²) < 4.78 is 50.9. The molecule has 110 valence electrons. The van der Waals surface area contributed by atoms with Crippen LogP contribution in [0.3, 0.4) is 0 Å². The van der Waals surface area contributed by atoms with Gasteiger partial charge in [0, 0.05) is 0 Å². The van der Waals surface area contributed by atoms with Gasteiger partial charge in [-0.15, -0.1) is 0 Å². The Hall–Kier alpha value is -2.21. The van der Waals surface area contributed by atoms with Crippen molar-refractivity contribution >= 4 is 5.78 Å². The zero-order valence-corrected chi connectivity index (χ0v) is 10.6. The van der Waals surface area contributed by atoms with E-state index in [1.165, 1.54) is 12.1 Å². The molecule has 0 saturated heterocycles. The average Bonchev–Trinajstić information content (AvgIpc) is 2.45. The van der Waals surface area contributed by atoms with Crippen molar-refractivity contribution in [3.05, 3.63) is 71.0 Å². The number of Topliss-reactive ketones (excluding diaryl/α,β-unsaturated/α-hetero) is 1. The average molecular weight is 298 g/mol. The van der Waals surface area contributed by atoms with Crippen molar-refractivity contribution in [1.29, 1.82) is 0 Å². The fourth-order valence-electron chi connectivity index (χ4n) is 1.83. The Balaban J connectivity index is 2.32. The van der Waals surface area contributed by atoms with E-state index in [4.69, 9.17) is 0 Å². The molecule has 0 radical (unpaired) electrons. The lowest BCUT2D eigenvalue weighted by Gasteiger charge is -2.12. The van der Waals surface area contributed by atoms with Crippen LogP contribution in [-0.4, -0.2) is 10.9 Å². The number of carbonyl (C=O) groups excluding carboxylic acids is 1. The molecular weight excluding hydrogens is 288 g/mol. The minimum absolute atomic E-state index is 0.238. The Labute approximate surface area is 117 Å². The number of halogens is 4. The van der Waals surface area contributed by atoms with Crippen molar-refractivity contribution in [3.63, 3.8) is 0 Å². The van der Waals surface area contributed by atoms with Gasteiger partial charge < -0.3 is 5.11 Å². The van der Waals surface area contributed by atoms with Gasteiger partial charge in [0.05, 0.1) is 11.1 Å². The third kappa shape index (κ3) is 3.28. The third-order valence-electron chi connectivity index (χ3n) is 2.93. The summed E-state index contributed by atoms with van der Waals surface area (Å²) >= 11 is 0. The van der Waals surface area contributed by atoms with Crippen LogP contribution >= 0.6 is 0 Å². The van der Waals surface area contributed by atoms with Crippen molar-refractivity contribution in [3.8, 4) is 0 Å². The minimum atomic E-state index is -4.69. The first-order valence-corrected chi connectivity index (χ1v) is 5.94. The lowest BCUT2D eigenvalue weighted by Crippen LogP contribution is -2.15. The highest BCUT2D eigenvalue weighted by Gasteiger charge is 2.32. The molecule has 1 atom stereocenters. The highest BCUT2D eigenvalue weighted by molar-refractivity contribution is 6.00. The minimum Gasteiger partial charge on any atom is -0.380 e. The summed E-state index contributed by atoms with van der Waals surface area (Å²) in [6, 6.07) is 9.32. The van der Waals surface area contributed by atoms with Crippen molar-refractivity contribution in [2.24, 2.45) is 0 Å². The molecule has 21 heavy (non-hydrogen) atoms. The van der Waals surface area contributed by atoms with Crippen LogP contribution in [0.5, 0.6) is 0 Å². The van der Waals surface area contributed by atoms with Crippen LogP contribution in [0.2, 0.25) is 0 Å². The van der Waals surface area contributed by atoms with Gasteiger partial charge >= 0.3 is 6.18 Å². The van der Waals surface area contributed by atoms with Gasteiger partial charge in [-0.1, -0.05) is 30.3 Å². The van der Waals surface area contributed by atoms with Gasteiger partial charge in [0.1, 0.15) is 11.9 Å². The molecule has 0 aliphatic carbocycles. The SMILES string of the molecule is O=C(c1ccc(C(F)(F)F)cc1F)C(O)c1ccccc1. The van der Waals surface area contributed by atoms with E-state index in [0.717, 1.165) is 6.07 Å². The molecule has 0 aromatic heterocycles. The van der Waals surface area contributed by atoms with Gasteiger partial charge in [-0.3, -0.25) is 4.79 Å². The number of hydrogen-bond donors (Lipinski definition) is 1. The monoisotopic (exact) mass is 298 g/mol. The molecule has 0 amide bonds. The summed E-state index contributed by atoms with van der Waals surface area (Å²) in [6.07, 6.45) is -6.32. The van der Waals surface area contributed by atoms with E-state index < -0.39 is 35.0 Å². The Bertz CT molecular complexity index is 650. The molecule has 1 unspecified atom stereocenters. The molecule has 0 aliphatic rings. The van der Waals surface area contributed by atoms with E-state index in [0.29, 0.717) is 6.07 Å². The zero-order chi connectivity index (χ0) is 15.6. The largest absolute Gasteiger partial charge is 0.416 e. The topological polar surface area (TPSA) is 37.3 Å². The molecule has 2 aromatic rings. The zero-order valence-electron chi connectivity index (χ0n) is 10.6. The second-order valence-electron chi connectivity index (χ2n) is 4.37. The Morgan fingerprint density at radius 1 is 1.05 bits per heavy atom. The van der Waals surface area contributed by atoms with E-state index in [2.05, 4.69) is 0 Å². The molecular formula is C15H10F4O2. The van der Waals surface area contributed by atoms with Gasteiger partial charge in [-0.2, -0.15) is 13.2 Å². The molecule has 6 heteroatoms. The number of aliphatic hydroxyl groups is 1. The molecule has 2 nitrogen and oxygen atoms in total. The smallest absolute Gasteiger partial charge is 0.380 e. The van der Waals surface area contributed by atoms with Crippen LogP contribution in [0.25, 0.3) is 0 Å². The van der Waals surface area contributed by atoms with Gasteiger partial charge in [0.25, 0.3) is 0 Å². The lowest BCUT2D eigenvalue weighted by molar-refractivity contribution is -0.137. The van der Waals surface area contributed by atoms with E-state index in [1.54, 1.807) is 18.2 Å². The van der Waals surface area contributed by atoms with Gasteiger partial charge in [0.15, 0.2) is 5.78 Å². The maximum Gasteiger partial charge on any atom is 0.416 e. The van der Waals surface area contributed by atoms with Crippen LogP contribution in [-0.2, 0) is 6.18 Å². The Morgan fingerprint density at radius 2 is 1.67 bits per heavy atom. The van der Waals surface area contributed by atoms with Crippen LogP contribution in [0.15, 0.2) is 48.5 Å². The fraction of sp³-hybridized carbons (Fsp3) is 0.133. The quantitative estimate of drug-likeness (QED) is 0.692.